The average Bonchev–Trinajstić information content (AvgIpc) is 3.15. The van der Waals surface area contributed by atoms with E-state index in [0.717, 1.165) is 55.6 Å². The van der Waals surface area contributed by atoms with Crippen LogP contribution in [-0.4, -0.2) is 21.2 Å². The van der Waals surface area contributed by atoms with Crippen LogP contribution in [0.5, 0.6) is 0 Å². The van der Waals surface area contributed by atoms with Crippen molar-refractivity contribution >= 4 is 17.1 Å². The molecule has 8 heteroatoms. The van der Waals surface area contributed by atoms with Gasteiger partial charge in [-0.25, -0.2) is 4.98 Å². The second-order valence-electron chi connectivity index (χ2n) is 10.0. The molecule has 0 aliphatic heterocycles. The summed E-state index contributed by atoms with van der Waals surface area (Å²) in [6.45, 7) is 4.02. The molecule has 35 heavy (non-hydrogen) atoms. The van der Waals surface area contributed by atoms with E-state index in [2.05, 4.69) is 23.3 Å². The van der Waals surface area contributed by atoms with Crippen molar-refractivity contribution in [3.63, 3.8) is 0 Å². The van der Waals surface area contributed by atoms with Gasteiger partial charge in [0.1, 0.15) is 11.3 Å². The van der Waals surface area contributed by atoms with E-state index in [1.165, 1.54) is 16.7 Å². The Bertz CT molecular complexity index is 1340. The number of carbonyl (C=O) groups excluding carboxylic acids is 1. The molecular formula is C27H27F3N4O. The Morgan fingerprint density at radius 1 is 1.20 bits per heavy atom. The highest BCUT2D eigenvalue weighted by Crippen LogP contribution is 2.65. The van der Waals surface area contributed by atoms with Gasteiger partial charge in [-0.15, -0.1) is 0 Å². The van der Waals surface area contributed by atoms with E-state index >= 15 is 0 Å². The smallest absolute Gasteiger partial charge is 0.382 e. The van der Waals surface area contributed by atoms with Crippen LogP contribution in [0.15, 0.2) is 42.7 Å². The number of halogens is 3. The minimum atomic E-state index is -4.45. The molecule has 0 radical (unpaired) electrons. The minimum absolute atomic E-state index is 0.0455. The molecule has 182 valence electrons. The van der Waals surface area contributed by atoms with Gasteiger partial charge in [0, 0.05) is 29.5 Å². The number of imidazole rings is 1. The zero-order valence-corrected chi connectivity index (χ0v) is 19.7. The largest absolute Gasteiger partial charge is 0.417 e. The van der Waals surface area contributed by atoms with Gasteiger partial charge >= 0.3 is 6.18 Å². The number of anilines is 1. The van der Waals surface area contributed by atoms with Crippen LogP contribution < -0.4 is 5.32 Å². The highest BCUT2D eigenvalue weighted by Gasteiger charge is 2.66. The van der Waals surface area contributed by atoms with Crippen molar-refractivity contribution in [1.29, 1.82) is 5.26 Å². The van der Waals surface area contributed by atoms with Crippen LogP contribution in [0.4, 0.5) is 18.9 Å². The molecule has 2 saturated carbocycles. The molecule has 3 aromatic rings. The lowest BCUT2D eigenvalue weighted by molar-refractivity contribution is -0.137. The summed E-state index contributed by atoms with van der Waals surface area (Å²) in [6, 6.07) is 10.6. The normalized spacial score (nSPS) is 26.3. The van der Waals surface area contributed by atoms with Gasteiger partial charge in [-0.1, -0.05) is 19.4 Å². The lowest BCUT2D eigenvalue weighted by Gasteiger charge is -2.25. The Balaban J connectivity index is 1.31. The van der Waals surface area contributed by atoms with Crippen LogP contribution in [0, 0.1) is 35.5 Å². The number of aromatic nitrogens is 2. The summed E-state index contributed by atoms with van der Waals surface area (Å²) in [7, 11) is 0. The van der Waals surface area contributed by atoms with E-state index < -0.39 is 17.2 Å². The van der Waals surface area contributed by atoms with Crippen molar-refractivity contribution in [1.82, 2.24) is 9.38 Å². The first-order chi connectivity index (χ1) is 16.6. The molecule has 2 fully saturated rings. The first-order valence-corrected chi connectivity index (χ1v) is 12.0. The van der Waals surface area contributed by atoms with Gasteiger partial charge in [0.25, 0.3) is 0 Å². The van der Waals surface area contributed by atoms with Gasteiger partial charge in [-0.05, 0) is 74.3 Å². The van der Waals surface area contributed by atoms with Crippen LogP contribution in [-0.2, 0) is 6.18 Å². The van der Waals surface area contributed by atoms with Crippen molar-refractivity contribution in [3.05, 3.63) is 65.1 Å². The molecule has 5 rings (SSSR count). The molecule has 1 N–H and O–H groups in total. The molecule has 4 atom stereocenters. The predicted octanol–water partition coefficient (Wildman–Crippen LogP) is 6.41. The van der Waals surface area contributed by atoms with Crippen LogP contribution >= 0.6 is 0 Å². The highest BCUT2D eigenvalue weighted by atomic mass is 19.4. The SMILES string of the molecule is Cc1ccc(N[C@H]2CCCC3(C(=O)c4cn5cc(C(F)(F)F)ccc5n4)C(C)C3CC2)cc1C#N. The number of carbonyl (C=O) groups is 1. The van der Waals surface area contributed by atoms with Crippen LogP contribution in [0.3, 0.4) is 0 Å². The zero-order valence-electron chi connectivity index (χ0n) is 19.7. The Kier molecular flexibility index (Phi) is 5.62. The van der Waals surface area contributed by atoms with E-state index in [-0.39, 0.29) is 29.4 Å². The molecule has 1 aromatic carbocycles. The molecule has 0 amide bonds. The summed E-state index contributed by atoms with van der Waals surface area (Å²) >= 11 is 0. The number of Topliss-reactive ketones (excluding diaryl/α,β-unsaturated/α-hetero) is 1. The number of aryl methyl sites for hydroxylation is 1. The minimum Gasteiger partial charge on any atom is -0.382 e. The maximum absolute atomic E-state index is 13.6. The van der Waals surface area contributed by atoms with E-state index in [1.807, 2.05) is 25.1 Å². The zero-order chi connectivity index (χ0) is 25.0. The maximum atomic E-state index is 13.6. The molecular weight excluding hydrogens is 453 g/mol. The number of benzene rings is 1. The number of alkyl halides is 3. The molecule has 2 heterocycles. The predicted molar refractivity (Wildman–Crippen MR) is 126 cm³/mol. The first-order valence-electron chi connectivity index (χ1n) is 12.0. The van der Waals surface area contributed by atoms with Crippen molar-refractivity contribution in [2.75, 3.05) is 5.32 Å². The molecule has 5 nitrogen and oxygen atoms in total. The molecule has 3 unspecified atom stereocenters. The van der Waals surface area contributed by atoms with Crippen molar-refractivity contribution < 1.29 is 18.0 Å². The number of rotatable bonds is 4. The fraction of sp³-hybridized carbons (Fsp3) is 0.444. The van der Waals surface area contributed by atoms with E-state index in [4.69, 9.17) is 0 Å². The highest BCUT2D eigenvalue weighted by molar-refractivity contribution is 6.02. The molecule has 2 aliphatic carbocycles. The van der Waals surface area contributed by atoms with Crippen LogP contribution in [0.1, 0.15) is 66.2 Å². The fourth-order valence-electron chi connectivity index (χ4n) is 6.02. The number of fused-ring (bicyclic) bond motifs is 2. The molecule has 0 spiro atoms. The average molecular weight is 481 g/mol. The summed E-state index contributed by atoms with van der Waals surface area (Å²) in [5.74, 6) is 0.410. The fourth-order valence-corrected chi connectivity index (χ4v) is 6.02. The summed E-state index contributed by atoms with van der Waals surface area (Å²) in [4.78, 5) is 18.0. The third kappa shape index (κ3) is 4.07. The molecule has 0 saturated heterocycles. The van der Waals surface area contributed by atoms with E-state index in [9.17, 15) is 23.2 Å². The Morgan fingerprint density at radius 2 is 2.00 bits per heavy atom. The second kappa shape index (κ2) is 8.40. The lowest BCUT2D eigenvalue weighted by atomic mass is 9.84. The number of nitriles is 1. The lowest BCUT2D eigenvalue weighted by Crippen LogP contribution is -2.26. The van der Waals surface area contributed by atoms with Gasteiger partial charge in [-0.3, -0.25) is 4.79 Å². The summed E-state index contributed by atoms with van der Waals surface area (Å²) in [5, 5.41) is 12.9. The van der Waals surface area contributed by atoms with Gasteiger partial charge in [0.2, 0.25) is 0 Å². The summed E-state index contributed by atoms with van der Waals surface area (Å²) in [6.07, 6.45) is 2.31. The van der Waals surface area contributed by atoms with Gasteiger partial charge in [0.05, 0.1) is 17.2 Å². The Morgan fingerprint density at radius 3 is 2.74 bits per heavy atom. The standard InChI is InChI=1S/C27H27F3N4O/c1-16-5-7-21(12-18(16)13-31)32-20-4-3-11-26(17(2)22(26)9-8-20)25(35)23-15-34-14-19(27(28,29)30)6-10-24(34)33-23/h5-7,10,12,14-15,17,20,22,32H,3-4,8-9,11H2,1-2H3/t17?,20-,22?,26?/m0/s1. The van der Waals surface area contributed by atoms with E-state index in [0.29, 0.717) is 11.2 Å². The monoisotopic (exact) mass is 480 g/mol. The Hall–Kier alpha value is -3.34. The van der Waals surface area contributed by atoms with Crippen LogP contribution in [0.25, 0.3) is 5.65 Å². The topological polar surface area (TPSA) is 70.2 Å². The molecule has 2 aromatic heterocycles. The van der Waals surface area contributed by atoms with Gasteiger partial charge < -0.3 is 9.72 Å². The van der Waals surface area contributed by atoms with Crippen molar-refractivity contribution in [3.8, 4) is 6.07 Å². The number of ketones is 1. The number of nitrogens with one attached hydrogen (secondary N) is 1. The van der Waals surface area contributed by atoms with Crippen molar-refractivity contribution in [2.45, 2.75) is 58.2 Å². The van der Waals surface area contributed by atoms with Crippen LogP contribution in [0.2, 0.25) is 0 Å². The second-order valence-corrected chi connectivity index (χ2v) is 10.0. The maximum Gasteiger partial charge on any atom is 0.417 e. The number of nitrogens with zero attached hydrogens (tertiary/aromatic N) is 3. The first kappa shape index (κ1) is 23.4. The molecule has 2 aliphatic rings. The van der Waals surface area contributed by atoms with Gasteiger partial charge in [-0.2, -0.15) is 18.4 Å². The molecule has 0 bridgehead atoms. The third-order valence-electron chi connectivity index (χ3n) is 8.10. The van der Waals surface area contributed by atoms with E-state index in [1.54, 1.807) is 0 Å². The number of hydrogen-bond donors (Lipinski definition) is 1. The van der Waals surface area contributed by atoms with Crippen molar-refractivity contribution in [2.24, 2.45) is 17.3 Å². The summed E-state index contributed by atoms with van der Waals surface area (Å²) in [5.41, 5.74) is 1.89. The quantitative estimate of drug-likeness (QED) is 0.438. The number of pyridine rings is 1. The Labute approximate surface area is 202 Å². The van der Waals surface area contributed by atoms with Gasteiger partial charge in [0.15, 0.2) is 5.78 Å². The summed E-state index contributed by atoms with van der Waals surface area (Å²) < 4.78 is 40.5. The number of hydrogen-bond acceptors (Lipinski definition) is 4. The third-order valence-corrected chi connectivity index (χ3v) is 8.10.